The van der Waals surface area contributed by atoms with Crippen LogP contribution in [0.2, 0.25) is 0 Å². The van der Waals surface area contributed by atoms with Crippen molar-refractivity contribution in [3.63, 3.8) is 0 Å². The number of hydrogen-bond donors (Lipinski definition) is 1. The first-order valence-corrected chi connectivity index (χ1v) is 7.37. The standard InChI is InChI=1S/C16H23FN2O/c1-3-16(13-4-6-14(17)7-5-13)18-15-8-10-19(11-9-15)12(2)20/h4-7,15-16,18H,3,8-11H2,1-2H3. The van der Waals surface area contributed by atoms with Crippen molar-refractivity contribution in [1.29, 1.82) is 0 Å². The molecular weight excluding hydrogens is 255 g/mol. The van der Waals surface area contributed by atoms with E-state index in [0.717, 1.165) is 37.9 Å². The van der Waals surface area contributed by atoms with Crippen LogP contribution in [0.5, 0.6) is 0 Å². The van der Waals surface area contributed by atoms with Crippen molar-refractivity contribution < 1.29 is 9.18 Å². The highest BCUT2D eigenvalue weighted by molar-refractivity contribution is 5.73. The van der Waals surface area contributed by atoms with Gasteiger partial charge in [-0.05, 0) is 37.0 Å². The van der Waals surface area contributed by atoms with Crippen molar-refractivity contribution in [1.82, 2.24) is 10.2 Å². The number of carbonyl (C=O) groups excluding carboxylic acids is 1. The maximum atomic E-state index is 13.0. The highest BCUT2D eigenvalue weighted by Crippen LogP contribution is 2.20. The quantitative estimate of drug-likeness (QED) is 0.918. The SMILES string of the molecule is CCC(NC1CCN(C(C)=O)CC1)c1ccc(F)cc1. The Balaban J connectivity index is 1.91. The van der Waals surface area contributed by atoms with Crippen LogP contribution < -0.4 is 5.32 Å². The minimum Gasteiger partial charge on any atom is -0.343 e. The molecule has 0 aromatic heterocycles. The molecule has 0 saturated carbocycles. The second-order valence-corrected chi connectivity index (χ2v) is 5.46. The summed E-state index contributed by atoms with van der Waals surface area (Å²) in [6, 6.07) is 7.41. The Morgan fingerprint density at radius 1 is 1.35 bits per heavy atom. The predicted octanol–water partition coefficient (Wildman–Crippen LogP) is 2.88. The molecule has 0 radical (unpaired) electrons. The van der Waals surface area contributed by atoms with E-state index in [1.54, 1.807) is 6.92 Å². The van der Waals surface area contributed by atoms with Crippen molar-refractivity contribution in [2.24, 2.45) is 0 Å². The van der Waals surface area contributed by atoms with Gasteiger partial charge in [0.25, 0.3) is 0 Å². The van der Waals surface area contributed by atoms with E-state index >= 15 is 0 Å². The van der Waals surface area contributed by atoms with Crippen LogP contribution in [0.4, 0.5) is 4.39 Å². The maximum Gasteiger partial charge on any atom is 0.219 e. The molecule has 0 aliphatic carbocycles. The maximum absolute atomic E-state index is 13.0. The summed E-state index contributed by atoms with van der Waals surface area (Å²) in [4.78, 5) is 13.2. The molecule has 1 aromatic rings. The molecule has 110 valence electrons. The number of piperidine rings is 1. The third kappa shape index (κ3) is 3.79. The monoisotopic (exact) mass is 278 g/mol. The fraction of sp³-hybridized carbons (Fsp3) is 0.562. The van der Waals surface area contributed by atoms with Gasteiger partial charge in [-0.15, -0.1) is 0 Å². The Morgan fingerprint density at radius 3 is 2.45 bits per heavy atom. The van der Waals surface area contributed by atoms with Crippen molar-refractivity contribution in [3.8, 4) is 0 Å². The summed E-state index contributed by atoms with van der Waals surface area (Å²) in [6.45, 7) is 5.41. The number of carbonyl (C=O) groups is 1. The van der Waals surface area contributed by atoms with Crippen LogP contribution >= 0.6 is 0 Å². The van der Waals surface area contributed by atoms with Gasteiger partial charge in [0.05, 0.1) is 0 Å². The van der Waals surface area contributed by atoms with Crippen molar-refractivity contribution >= 4 is 5.91 Å². The first-order chi connectivity index (χ1) is 9.60. The number of halogens is 1. The average Bonchev–Trinajstić information content (AvgIpc) is 2.46. The van der Waals surface area contributed by atoms with Crippen LogP contribution in [0.25, 0.3) is 0 Å². The number of rotatable bonds is 4. The van der Waals surface area contributed by atoms with E-state index in [2.05, 4.69) is 12.2 Å². The van der Waals surface area contributed by atoms with Gasteiger partial charge in [0.1, 0.15) is 5.82 Å². The average molecular weight is 278 g/mol. The lowest BCUT2D eigenvalue weighted by atomic mass is 9.99. The van der Waals surface area contributed by atoms with Gasteiger partial charge < -0.3 is 10.2 Å². The molecule has 2 rings (SSSR count). The van der Waals surface area contributed by atoms with Gasteiger partial charge >= 0.3 is 0 Å². The molecule has 0 bridgehead atoms. The summed E-state index contributed by atoms with van der Waals surface area (Å²) >= 11 is 0. The summed E-state index contributed by atoms with van der Waals surface area (Å²) in [6.07, 6.45) is 2.94. The summed E-state index contributed by atoms with van der Waals surface area (Å²) < 4.78 is 13.0. The van der Waals surface area contributed by atoms with E-state index in [1.165, 1.54) is 12.1 Å². The predicted molar refractivity (Wildman–Crippen MR) is 77.8 cm³/mol. The molecule has 1 aliphatic rings. The van der Waals surface area contributed by atoms with Gasteiger partial charge in [0, 0.05) is 32.1 Å². The van der Waals surface area contributed by atoms with Crippen LogP contribution in [-0.4, -0.2) is 29.9 Å². The molecule has 3 nitrogen and oxygen atoms in total. The van der Waals surface area contributed by atoms with Gasteiger partial charge in [0.15, 0.2) is 0 Å². The zero-order chi connectivity index (χ0) is 14.5. The summed E-state index contributed by atoms with van der Waals surface area (Å²) in [7, 11) is 0. The van der Waals surface area contributed by atoms with Gasteiger partial charge in [-0.25, -0.2) is 4.39 Å². The minimum atomic E-state index is -0.196. The highest BCUT2D eigenvalue weighted by Gasteiger charge is 2.22. The first kappa shape index (κ1) is 15.0. The number of likely N-dealkylation sites (tertiary alicyclic amines) is 1. The van der Waals surface area contributed by atoms with Crippen LogP contribution in [0.15, 0.2) is 24.3 Å². The molecule has 1 aliphatic heterocycles. The Hall–Kier alpha value is -1.42. The number of nitrogens with zero attached hydrogens (tertiary/aromatic N) is 1. The van der Waals surface area contributed by atoms with Crippen LogP contribution in [-0.2, 0) is 4.79 Å². The minimum absolute atomic E-state index is 0.161. The summed E-state index contributed by atoms with van der Waals surface area (Å²) in [5, 5.41) is 3.64. The number of benzene rings is 1. The van der Waals surface area contributed by atoms with Crippen molar-refractivity contribution in [3.05, 3.63) is 35.6 Å². The van der Waals surface area contributed by atoms with Crippen molar-refractivity contribution in [2.45, 2.75) is 45.2 Å². The van der Waals surface area contributed by atoms with Gasteiger partial charge in [0.2, 0.25) is 5.91 Å². The largest absolute Gasteiger partial charge is 0.343 e. The second kappa shape index (κ2) is 6.84. The molecule has 1 N–H and O–H groups in total. The van der Waals surface area contributed by atoms with Crippen molar-refractivity contribution in [2.75, 3.05) is 13.1 Å². The van der Waals surface area contributed by atoms with E-state index in [0.29, 0.717) is 6.04 Å². The molecule has 1 saturated heterocycles. The third-order valence-corrected chi connectivity index (χ3v) is 4.06. The number of amides is 1. The Labute approximate surface area is 120 Å². The van der Waals surface area contributed by atoms with Crippen LogP contribution in [0, 0.1) is 5.82 Å². The molecule has 1 heterocycles. The normalized spacial score (nSPS) is 18.1. The molecule has 4 heteroatoms. The molecule has 20 heavy (non-hydrogen) atoms. The second-order valence-electron chi connectivity index (χ2n) is 5.46. The Kier molecular flexibility index (Phi) is 5.12. The lowest BCUT2D eigenvalue weighted by molar-refractivity contribution is -0.129. The van der Waals surface area contributed by atoms with Gasteiger partial charge in [-0.3, -0.25) is 4.79 Å². The fourth-order valence-electron chi connectivity index (χ4n) is 2.79. The summed E-state index contributed by atoms with van der Waals surface area (Å²) in [5.41, 5.74) is 1.13. The molecule has 1 atom stereocenters. The first-order valence-electron chi connectivity index (χ1n) is 7.37. The van der Waals surface area contributed by atoms with Crippen LogP contribution in [0.3, 0.4) is 0 Å². The Bertz CT molecular complexity index is 438. The van der Waals surface area contributed by atoms with Gasteiger partial charge in [-0.2, -0.15) is 0 Å². The zero-order valence-electron chi connectivity index (χ0n) is 12.2. The smallest absolute Gasteiger partial charge is 0.219 e. The Morgan fingerprint density at radius 2 is 1.95 bits per heavy atom. The highest BCUT2D eigenvalue weighted by atomic mass is 19.1. The third-order valence-electron chi connectivity index (χ3n) is 4.06. The zero-order valence-corrected chi connectivity index (χ0v) is 12.2. The fourth-order valence-corrected chi connectivity index (χ4v) is 2.79. The molecule has 0 spiro atoms. The molecule has 1 amide bonds. The lowest BCUT2D eigenvalue weighted by Crippen LogP contribution is -2.45. The number of nitrogens with one attached hydrogen (secondary N) is 1. The molecule has 1 fully saturated rings. The summed E-state index contributed by atoms with van der Waals surface area (Å²) in [5.74, 6) is -0.0348. The van der Waals surface area contributed by atoms with Crippen LogP contribution in [0.1, 0.15) is 44.7 Å². The topological polar surface area (TPSA) is 32.3 Å². The molecular formula is C16H23FN2O. The number of hydrogen-bond acceptors (Lipinski definition) is 2. The lowest BCUT2D eigenvalue weighted by Gasteiger charge is -2.34. The van der Waals surface area contributed by atoms with E-state index in [1.807, 2.05) is 17.0 Å². The van der Waals surface area contributed by atoms with E-state index in [4.69, 9.17) is 0 Å². The van der Waals surface area contributed by atoms with E-state index in [-0.39, 0.29) is 17.8 Å². The molecule has 1 unspecified atom stereocenters. The van der Waals surface area contributed by atoms with E-state index < -0.39 is 0 Å². The van der Waals surface area contributed by atoms with Gasteiger partial charge in [-0.1, -0.05) is 19.1 Å². The molecule has 1 aromatic carbocycles. The van der Waals surface area contributed by atoms with E-state index in [9.17, 15) is 9.18 Å².